The minimum Gasteiger partial charge on any atom is -0.398 e. The van der Waals surface area contributed by atoms with Gasteiger partial charge in [-0.1, -0.05) is 17.7 Å². The van der Waals surface area contributed by atoms with Gasteiger partial charge in [0.05, 0.1) is 10.7 Å². The molecule has 1 aromatic carbocycles. The van der Waals surface area contributed by atoms with Crippen LogP contribution in [0.15, 0.2) is 18.2 Å². The molecule has 1 unspecified atom stereocenters. The SMILES string of the molecule is CC(F)c1ccc(Cl)c(N)c1. The van der Waals surface area contributed by atoms with Gasteiger partial charge < -0.3 is 5.73 Å². The Hall–Kier alpha value is -0.760. The predicted molar refractivity (Wildman–Crippen MR) is 45.4 cm³/mol. The summed E-state index contributed by atoms with van der Waals surface area (Å²) in [4.78, 5) is 0. The lowest BCUT2D eigenvalue weighted by atomic mass is 10.1. The lowest BCUT2D eigenvalue weighted by Crippen LogP contribution is -1.90. The molecule has 0 bridgehead atoms. The maximum atomic E-state index is 12.6. The first-order valence-corrected chi connectivity index (χ1v) is 3.68. The van der Waals surface area contributed by atoms with Gasteiger partial charge in [-0.25, -0.2) is 4.39 Å². The van der Waals surface area contributed by atoms with E-state index in [1.54, 1.807) is 18.2 Å². The number of hydrogen-bond acceptors (Lipinski definition) is 1. The van der Waals surface area contributed by atoms with Crippen molar-refractivity contribution in [1.82, 2.24) is 0 Å². The smallest absolute Gasteiger partial charge is 0.122 e. The fraction of sp³-hybridized carbons (Fsp3) is 0.250. The highest BCUT2D eigenvalue weighted by atomic mass is 35.5. The third-order valence-electron chi connectivity index (χ3n) is 1.48. The first-order valence-electron chi connectivity index (χ1n) is 3.30. The number of rotatable bonds is 1. The lowest BCUT2D eigenvalue weighted by Gasteiger charge is -2.03. The van der Waals surface area contributed by atoms with Crippen LogP contribution in [0.2, 0.25) is 5.02 Å². The van der Waals surface area contributed by atoms with Gasteiger partial charge in [-0.05, 0) is 24.6 Å². The summed E-state index contributed by atoms with van der Waals surface area (Å²) in [5.74, 6) is 0. The second-order valence-corrected chi connectivity index (χ2v) is 2.80. The van der Waals surface area contributed by atoms with Gasteiger partial charge in [0.1, 0.15) is 6.17 Å². The molecule has 0 spiro atoms. The summed E-state index contributed by atoms with van der Waals surface area (Å²) in [6.45, 7) is 1.46. The highest BCUT2D eigenvalue weighted by Gasteiger charge is 2.03. The molecule has 0 aliphatic carbocycles. The van der Waals surface area contributed by atoms with Crippen LogP contribution in [-0.4, -0.2) is 0 Å². The minimum atomic E-state index is -0.991. The van der Waals surface area contributed by atoms with E-state index < -0.39 is 6.17 Å². The third kappa shape index (κ3) is 1.84. The fourth-order valence-electron chi connectivity index (χ4n) is 0.810. The van der Waals surface area contributed by atoms with Gasteiger partial charge in [-0.15, -0.1) is 0 Å². The van der Waals surface area contributed by atoms with Crippen molar-refractivity contribution in [3.63, 3.8) is 0 Å². The first-order chi connectivity index (χ1) is 5.11. The molecule has 0 saturated heterocycles. The summed E-state index contributed by atoms with van der Waals surface area (Å²) in [6.07, 6.45) is -0.991. The summed E-state index contributed by atoms with van der Waals surface area (Å²) in [5.41, 5.74) is 6.45. The zero-order chi connectivity index (χ0) is 8.43. The molecule has 0 aromatic heterocycles. The normalized spacial score (nSPS) is 13.0. The van der Waals surface area contributed by atoms with Gasteiger partial charge in [0.2, 0.25) is 0 Å². The highest BCUT2D eigenvalue weighted by Crippen LogP contribution is 2.24. The molecule has 1 nitrogen and oxygen atoms in total. The van der Waals surface area contributed by atoms with E-state index in [2.05, 4.69) is 0 Å². The van der Waals surface area contributed by atoms with Gasteiger partial charge in [0.25, 0.3) is 0 Å². The van der Waals surface area contributed by atoms with E-state index in [0.717, 1.165) is 0 Å². The first kappa shape index (κ1) is 8.34. The van der Waals surface area contributed by atoms with Gasteiger partial charge in [0.15, 0.2) is 0 Å². The Morgan fingerprint density at radius 3 is 2.64 bits per heavy atom. The van der Waals surface area contributed by atoms with Crippen LogP contribution >= 0.6 is 11.6 Å². The molecule has 11 heavy (non-hydrogen) atoms. The molecule has 1 aromatic rings. The molecule has 0 aliphatic rings. The zero-order valence-electron chi connectivity index (χ0n) is 6.14. The molecule has 1 atom stereocenters. The molecule has 1 rings (SSSR count). The van der Waals surface area contributed by atoms with Crippen molar-refractivity contribution in [3.8, 4) is 0 Å². The molecule has 0 radical (unpaired) electrons. The van der Waals surface area contributed by atoms with Crippen molar-refractivity contribution in [2.24, 2.45) is 0 Å². The van der Waals surface area contributed by atoms with Crippen LogP contribution in [0.4, 0.5) is 10.1 Å². The molecule has 3 heteroatoms. The number of alkyl halides is 1. The fourth-order valence-corrected chi connectivity index (χ4v) is 0.927. The Morgan fingerprint density at radius 2 is 2.18 bits per heavy atom. The second-order valence-electron chi connectivity index (χ2n) is 2.40. The van der Waals surface area contributed by atoms with Crippen LogP contribution in [0, 0.1) is 0 Å². The monoisotopic (exact) mass is 173 g/mol. The molecule has 0 heterocycles. The predicted octanol–water partition coefficient (Wildman–Crippen LogP) is 2.95. The number of anilines is 1. The second kappa shape index (κ2) is 3.09. The maximum Gasteiger partial charge on any atom is 0.122 e. The van der Waals surface area contributed by atoms with Crippen molar-refractivity contribution in [2.75, 3.05) is 5.73 Å². The van der Waals surface area contributed by atoms with Crippen molar-refractivity contribution in [3.05, 3.63) is 28.8 Å². The number of nitrogen functional groups attached to an aromatic ring is 1. The summed E-state index contributed by atoms with van der Waals surface area (Å²) >= 11 is 5.64. The van der Waals surface area contributed by atoms with Gasteiger partial charge in [-0.3, -0.25) is 0 Å². The number of halogens is 2. The van der Waals surface area contributed by atoms with Gasteiger partial charge in [0, 0.05) is 0 Å². The Kier molecular flexibility index (Phi) is 2.35. The average molecular weight is 174 g/mol. The zero-order valence-corrected chi connectivity index (χ0v) is 6.90. The van der Waals surface area contributed by atoms with Crippen molar-refractivity contribution < 1.29 is 4.39 Å². The van der Waals surface area contributed by atoms with Crippen LogP contribution in [-0.2, 0) is 0 Å². The van der Waals surface area contributed by atoms with E-state index in [1.807, 2.05) is 0 Å². The third-order valence-corrected chi connectivity index (χ3v) is 1.82. The maximum absolute atomic E-state index is 12.6. The van der Waals surface area contributed by atoms with E-state index in [4.69, 9.17) is 17.3 Å². The van der Waals surface area contributed by atoms with E-state index in [0.29, 0.717) is 16.3 Å². The Balaban J connectivity index is 3.05. The van der Waals surface area contributed by atoms with Gasteiger partial charge in [-0.2, -0.15) is 0 Å². The van der Waals surface area contributed by atoms with Crippen molar-refractivity contribution >= 4 is 17.3 Å². The highest BCUT2D eigenvalue weighted by molar-refractivity contribution is 6.33. The standard InChI is InChI=1S/C8H9ClFN/c1-5(10)6-2-3-7(9)8(11)4-6/h2-5H,11H2,1H3. The Bertz CT molecular complexity index is 260. The number of nitrogens with two attached hydrogens (primary N) is 1. The van der Waals surface area contributed by atoms with Crippen LogP contribution < -0.4 is 5.73 Å². The molecule has 0 saturated carbocycles. The summed E-state index contributed by atoms with van der Waals surface area (Å²) in [5, 5.41) is 0.467. The molecule has 0 amide bonds. The van der Waals surface area contributed by atoms with Crippen LogP contribution in [0.3, 0.4) is 0 Å². The molecule has 0 aliphatic heterocycles. The lowest BCUT2D eigenvalue weighted by molar-refractivity contribution is 0.374. The Labute approximate surface area is 70.0 Å². The minimum absolute atomic E-state index is 0.425. The molecule has 60 valence electrons. The summed E-state index contributed by atoms with van der Waals surface area (Å²) < 4.78 is 12.6. The van der Waals surface area contributed by atoms with Crippen LogP contribution in [0.1, 0.15) is 18.7 Å². The van der Waals surface area contributed by atoms with Crippen LogP contribution in [0.5, 0.6) is 0 Å². The van der Waals surface area contributed by atoms with E-state index >= 15 is 0 Å². The number of hydrogen-bond donors (Lipinski definition) is 1. The van der Waals surface area contributed by atoms with Crippen molar-refractivity contribution in [1.29, 1.82) is 0 Å². The molecular weight excluding hydrogens is 165 g/mol. The average Bonchev–Trinajstić information content (AvgIpc) is 1.94. The molecular formula is C8H9ClFN. The quantitative estimate of drug-likeness (QED) is 0.650. The summed E-state index contributed by atoms with van der Waals surface area (Å²) in [7, 11) is 0. The topological polar surface area (TPSA) is 26.0 Å². The van der Waals surface area contributed by atoms with E-state index in [9.17, 15) is 4.39 Å². The molecule has 0 fully saturated rings. The molecule has 2 N–H and O–H groups in total. The number of benzene rings is 1. The largest absolute Gasteiger partial charge is 0.398 e. The van der Waals surface area contributed by atoms with Crippen molar-refractivity contribution in [2.45, 2.75) is 13.1 Å². The van der Waals surface area contributed by atoms with E-state index in [-0.39, 0.29) is 0 Å². The Morgan fingerprint density at radius 1 is 1.55 bits per heavy atom. The van der Waals surface area contributed by atoms with Crippen LogP contribution in [0.25, 0.3) is 0 Å². The summed E-state index contributed by atoms with van der Waals surface area (Å²) in [6, 6.07) is 4.78. The van der Waals surface area contributed by atoms with Gasteiger partial charge >= 0.3 is 0 Å². The van der Waals surface area contributed by atoms with E-state index in [1.165, 1.54) is 6.92 Å².